The Labute approximate surface area is 125 Å². The number of aromatic nitrogens is 1. The van der Waals surface area contributed by atoms with Gasteiger partial charge in [-0.3, -0.25) is 0 Å². The summed E-state index contributed by atoms with van der Waals surface area (Å²) in [7, 11) is 1.62. The van der Waals surface area contributed by atoms with E-state index in [0.717, 1.165) is 17.9 Å². The molecule has 1 fully saturated rings. The smallest absolute Gasteiger partial charge is 0.219 e. The molecule has 0 unspecified atom stereocenters. The first kappa shape index (κ1) is 13.9. The summed E-state index contributed by atoms with van der Waals surface area (Å²) in [5.74, 6) is 1.53. The van der Waals surface area contributed by atoms with E-state index in [0.29, 0.717) is 18.5 Å². The molecule has 2 aromatic rings. The summed E-state index contributed by atoms with van der Waals surface area (Å²) in [4.78, 5) is 4.19. The zero-order valence-corrected chi connectivity index (χ0v) is 12.2. The van der Waals surface area contributed by atoms with E-state index < -0.39 is 0 Å². The third-order valence-electron chi connectivity index (χ3n) is 3.56. The number of hydrogen-bond acceptors (Lipinski definition) is 4. The van der Waals surface area contributed by atoms with Crippen LogP contribution in [0.3, 0.4) is 0 Å². The molecule has 0 atom stereocenters. The Balaban J connectivity index is 1.66. The van der Waals surface area contributed by atoms with Gasteiger partial charge in [0.1, 0.15) is 12.4 Å². The summed E-state index contributed by atoms with van der Waals surface area (Å²) < 4.78 is 11.2. The number of hydrogen-bond donors (Lipinski definition) is 1. The Hall–Kier alpha value is -2.07. The number of rotatable bonds is 7. The van der Waals surface area contributed by atoms with Gasteiger partial charge in [0.2, 0.25) is 5.88 Å². The molecule has 0 saturated heterocycles. The molecule has 1 aromatic carbocycles. The van der Waals surface area contributed by atoms with Crippen molar-refractivity contribution >= 4 is 0 Å². The van der Waals surface area contributed by atoms with Crippen LogP contribution in [0.15, 0.2) is 42.6 Å². The van der Waals surface area contributed by atoms with Crippen molar-refractivity contribution in [3.05, 3.63) is 53.7 Å². The first-order chi connectivity index (χ1) is 10.4. The number of methoxy groups -OCH3 is 1. The predicted octanol–water partition coefficient (Wildman–Crippen LogP) is 2.92. The summed E-state index contributed by atoms with van der Waals surface area (Å²) in [6.45, 7) is 1.31. The highest BCUT2D eigenvalue weighted by molar-refractivity contribution is 5.34. The third-order valence-corrected chi connectivity index (χ3v) is 3.56. The molecule has 4 nitrogen and oxygen atoms in total. The van der Waals surface area contributed by atoms with Gasteiger partial charge in [-0.15, -0.1) is 0 Å². The lowest BCUT2D eigenvalue weighted by Crippen LogP contribution is -2.16. The van der Waals surface area contributed by atoms with E-state index in [-0.39, 0.29) is 0 Å². The van der Waals surface area contributed by atoms with E-state index in [4.69, 9.17) is 9.47 Å². The van der Waals surface area contributed by atoms with Crippen LogP contribution in [0.1, 0.15) is 24.0 Å². The molecule has 3 rings (SSSR count). The van der Waals surface area contributed by atoms with Crippen molar-refractivity contribution in [1.29, 1.82) is 0 Å². The second-order valence-corrected chi connectivity index (χ2v) is 5.22. The highest BCUT2D eigenvalue weighted by Gasteiger charge is 2.20. The van der Waals surface area contributed by atoms with Crippen molar-refractivity contribution in [2.45, 2.75) is 32.0 Å². The Kier molecular flexibility index (Phi) is 4.36. The summed E-state index contributed by atoms with van der Waals surface area (Å²) in [5.41, 5.74) is 2.14. The van der Waals surface area contributed by atoms with Crippen molar-refractivity contribution in [1.82, 2.24) is 10.3 Å². The van der Waals surface area contributed by atoms with Crippen molar-refractivity contribution in [2.75, 3.05) is 7.11 Å². The van der Waals surface area contributed by atoms with Crippen molar-refractivity contribution < 1.29 is 9.47 Å². The maximum Gasteiger partial charge on any atom is 0.219 e. The molecule has 21 heavy (non-hydrogen) atoms. The van der Waals surface area contributed by atoms with Crippen LogP contribution in [0, 0.1) is 0 Å². The number of ether oxygens (including phenoxy) is 2. The lowest BCUT2D eigenvalue weighted by molar-refractivity contribution is 0.290. The van der Waals surface area contributed by atoms with E-state index >= 15 is 0 Å². The fourth-order valence-electron chi connectivity index (χ4n) is 2.21. The summed E-state index contributed by atoms with van der Waals surface area (Å²) in [6.07, 6.45) is 4.29. The Bertz CT molecular complexity index is 597. The van der Waals surface area contributed by atoms with Crippen LogP contribution in [0.25, 0.3) is 0 Å². The average Bonchev–Trinajstić information content (AvgIpc) is 3.36. The number of para-hydroxylation sites is 1. The van der Waals surface area contributed by atoms with Crippen molar-refractivity contribution in [3.8, 4) is 11.6 Å². The van der Waals surface area contributed by atoms with E-state index in [1.165, 1.54) is 18.4 Å². The summed E-state index contributed by atoms with van der Waals surface area (Å²) in [6, 6.07) is 12.7. The molecule has 0 radical (unpaired) electrons. The molecule has 110 valence electrons. The van der Waals surface area contributed by atoms with Gasteiger partial charge in [0, 0.05) is 24.3 Å². The minimum atomic E-state index is 0.456. The van der Waals surface area contributed by atoms with Gasteiger partial charge in [-0.05, 0) is 31.0 Å². The summed E-state index contributed by atoms with van der Waals surface area (Å²) >= 11 is 0. The van der Waals surface area contributed by atoms with E-state index in [1.807, 2.05) is 30.3 Å². The molecule has 0 spiro atoms. The van der Waals surface area contributed by atoms with Crippen LogP contribution in [0.4, 0.5) is 0 Å². The van der Waals surface area contributed by atoms with Gasteiger partial charge in [-0.1, -0.05) is 18.2 Å². The minimum absolute atomic E-state index is 0.456. The second-order valence-electron chi connectivity index (χ2n) is 5.22. The SMILES string of the molecule is COc1ncccc1COc1ccccc1CNC1CC1. The quantitative estimate of drug-likeness (QED) is 0.849. The molecular weight excluding hydrogens is 264 g/mol. The molecule has 1 aliphatic carbocycles. The van der Waals surface area contributed by atoms with Crippen molar-refractivity contribution in [3.63, 3.8) is 0 Å². The Morgan fingerprint density at radius 1 is 1.14 bits per heavy atom. The largest absolute Gasteiger partial charge is 0.488 e. The van der Waals surface area contributed by atoms with Crippen LogP contribution in [0.5, 0.6) is 11.6 Å². The normalized spacial score (nSPS) is 14.0. The van der Waals surface area contributed by atoms with E-state index in [1.54, 1.807) is 13.3 Å². The maximum absolute atomic E-state index is 5.96. The lowest BCUT2D eigenvalue weighted by atomic mass is 10.2. The third kappa shape index (κ3) is 3.73. The molecular formula is C17H20N2O2. The fourth-order valence-corrected chi connectivity index (χ4v) is 2.21. The van der Waals surface area contributed by atoms with Gasteiger partial charge < -0.3 is 14.8 Å². The lowest BCUT2D eigenvalue weighted by Gasteiger charge is -2.13. The maximum atomic E-state index is 5.96. The first-order valence-electron chi connectivity index (χ1n) is 7.29. The van der Waals surface area contributed by atoms with Gasteiger partial charge in [0.05, 0.1) is 12.7 Å². The van der Waals surface area contributed by atoms with Crippen molar-refractivity contribution in [2.24, 2.45) is 0 Å². The molecule has 1 N–H and O–H groups in total. The highest BCUT2D eigenvalue weighted by atomic mass is 16.5. The molecule has 1 aliphatic rings. The number of nitrogens with zero attached hydrogens (tertiary/aromatic N) is 1. The standard InChI is InChI=1S/C17H20N2O2/c1-20-17-14(6-4-10-18-17)12-21-16-7-3-2-5-13(16)11-19-15-8-9-15/h2-7,10,15,19H,8-9,11-12H2,1H3. The van der Waals surface area contributed by atoms with Gasteiger partial charge in [0.15, 0.2) is 0 Å². The topological polar surface area (TPSA) is 43.4 Å². The van der Waals surface area contributed by atoms with Gasteiger partial charge >= 0.3 is 0 Å². The molecule has 4 heteroatoms. The van der Waals surface area contributed by atoms with Crippen LogP contribution >= 0.6 is 0 Å². The second kappa shape index (κ2) is 6.59. The van der Waals surface area contributed by atoms with E-state index in [2.05, 4.69) is 16.4 Å². The molecule has 1 aromatic heterocycles. The Morgan fingerprint density at radius 3 is 2.76 bits per heavy atom. The zero-order valence-electron chi connectivity index (χ0n) is 12.2. The first-order valence-corrected chi connectivity index (χ1v) is 7.29. The Morgan fingerprint density at radius 2 is 1.95 bits per heavy atom. The molecule has 1 saturated carbocycles. The fraction of sp³-hybridized carbons (Fsp3) is 0.353. The van der Waals surface area contributed by atoms with Gasteiger partial charge in [-0.2, -0.15) is 0 Å². The zero-order chi connectivity index (χ0) is 14.5. The predicted molar refractivity (Wildman–Crippen MR) is 81.4 cm³/mol. The average molecular weight is 284 g/mol. The summed E-state index contributed by atoms with van der Waals surface area (Å²) in [5, 5.41) is 3.52. The van der Waals surface area contributed by atoms with Gasteiger partial charge in [0.25, 0.3) is 0 Å². The molecule has 0 aliphatic heterocycles. The number of nitrogens with one attached hydrogen (secondary N) is 1. The van der Waals surface area contributed by atoms with Crippen LogP contribution in [-0.2, 0) is 13.2 Å². The molecule has 0 bridgehead atoms. The van der Waals surface area contributed by atoms with E-state index in [9.17, 15) is 0 Å². The number of pyridine rings is 1. The highest BCUT2D eigenvalue weighted by Crippen LogP contribution is 2.24. The van der Waals surface area contributed by atoms with Crippen LogP contribution in [-0.4, -0.2) is 18.1 Å². The van der Waals surface area contributed by atoms with Gasteiger partial charge in [-0.25, -0.2) is 4.98 Å². The molecule has 0 amide bonds. The number of benzene rings is 1. The van der Waals surface area contributed by atoms with Crippen LogP contribution in [0.2, 0.25) is 0 Å². The minimum Gasteiger partial charge on any atom is -0.488 e. The van der Waals surface area contributed by atoms with Crippen LogP contribution < -0.4 is 14.8 Å². The molecule has 1 heterocycles. The monoisotopic (exact) mass is 284 g/mol.